The number of halogens is 4. The largest absolute Gasteiger partial charge is 0.324 e. The maximum atomic E-state index is 13.4. The van der Waals surface area contributed by atoms with E-state index in [0.29, 0.717) is 11.4 Å². The minimum Gasteiger partial charge on any atom is -0.324 e. The van der Waals surface area contributed by atoms with Gasteiger partial charge in [-0.3, -0.25) is 0 Å². The number of hydrogen-bond acceptors (Lipinski definition) is 1. The van der Waals surface area contributed by atoms with Gasteiger partial charge < -0.3 is 5.73 Å². The smallest absolute Gasteiger partial charge is 0.142 e. The van der Waals surface area contributed by atoms with Crippen LogP contribution in [0.1, 0.15) is 17.2 Å². The Kier molecular flexibility index (Phi) is 4.85. The van der Waals surface area contributed by atoms with Crippen molar-refractivity contribution in [1.29, 1.82) is 0 Å². The van der Waals surface area contributed by atoms with Crippen LogP contribution in [0.3, 0.4) is 0 Å². The summed E-state index contributed by atoms with van der Waals surface area (Å²) in [6.07, 6.45) is 0.515. The van der Waals surface area contributed by atoms with Gasteiger partial charge in [-0.2, -0.15) is 0 Å². The van der Waals surface area contributed by atoms with E-state index in [4.69, 9.17) is 28.9 Å². The summed E-state index contributed by atoms with van der Waals surface area (Å²) in [4.78, 5) is 0. The van der Waals surface area contributed by atoms with Crippen molar-refractivity contribution in [3.8, 4) is 0 Å². The van der Waals surface area contributed by atoms with Gasteiger partial charge in [-0.15, -0.1) is 0 Å². The molecule has 0 aliphatic carbocycles. The fourth-order valence-electron chi connectivity index (χ4n) is 1.83. The standard InChI is InChI=1S/C14H11BrCl2FN/c15-10-5-9(6-11(16)7-10)14(19)4-8-1-2-12(17)13(18)3-8/h1-3,5-7,14H,4,19H2. The molecule has 1 nitrogen and oxygen atoms in total. The summed E-state index contributed by atoms with van der Waals surface area (Å²) in [6.45, 7) is 0. The van der Waals surface area contributed by atoms with Crippen LogP contribution in [0.15, 0.2) is 40.9 Å². The Balaban J connectivity index is 2.20. The Bertz CT molecular complexity index is 584. The molecule has 1 atom stereocenters. The normalized spacial score (nSPS) is 12.5. The van der Waals surface area contributed by atoms with E-state index in [0.717, 1.165) is 15.6 Å². The molecule has 0 saturated heterocycles. The highest BCUT2D eigenvalue weighted by molar-refractivity contribution is 9.10. The Labute approximate surface area is 129 Å². The van der Waals surface area contributed by atoms with E-state index in [1.165, 1.54) is 12.1 Å². The van der Waals surface area contributed by atoms with Crippen molar-refractivity contribution in [2.24, 2.45) is 5.73 Å². The summed E-state index contributed by atoms with van der Waals surface area (Å²) in [5.74, 6) is -0.432. The van der Waals surface area contributed by atoms with E-state index in [-0.39, 0.29) is 11.1 Å². The first-order valence-electron chi connectivity index (χ1n) is 5.61. The highest BCUT2D eigenvalue weighted by Gasteiger charge is 2.10. The predicted octanol–water partition coefficient (Wildman–Crippen LogP) is 5.14. The summed E-state index contributed by atoms with van der Waals surface area (Å²) in [5.41, 5.74) is 7.81. The van der Waals surface area contributed by atoms with Crippen molar-refractivity contribution >= 4 is 39.1 Å². The van der Waals surface area contributed by atoms with Gasteiger partial charge in [0, 0.05) is 15.5 Å². The first-order valence-corrected chi connectivity index (χ1v) is 7.16. The summed E-state index contributed by atoms with van der Waals surface area (Å²) < 4.78 is 14.2. The molecule has 100 valence electrons. The first-order chi connectivity index (χ1) is 8.95. The van der Waals surface area contributed by atoms with E-state index >= 15 is 0 Å². The Morgan fingerprint density at radius 3 is 2.53 bits per heavy atom. The summed E-state index contributed by atoms with van der Waals surface area (Å²) >= 11 is 15.0. The van der Waals surface area contributed by atoms with Crippen LogP contribution in [0, 0.1) is 5.82 Å². The van der Waals surface area contributed by atoms with Gasteiger partial charge in [0.05, 0.1) is 5.02 Å². The average Bonchev–Trinajstić information content (AvgIpc) is 2.32. The summed E-state index contributed by atoms with van der Waals surface area (Å²) in [7, 11) is 0. The van der Waals surface area contributed by atoms with Crippen molar-refractivity contribution in [2.45, 2.75) is 12.5 Å². The molecule has 2 aromatic carbocycles. The Morgan fingerprint density at radius 2 is 1.89 bits per heavy atom. The average molecular weight is 363 g/mol. The van der Waals surface area contributed by atoms with Crippen LogP contribution in [-0.2, 0) is 6.42 Å². The lowest BCUT2D eigenvalue weighted by Gasteiger charge is -2.13. The highest BCUT2D eigenvalue weighted by Crippen LogP contribution is 2.25. The molecule has 0 aliphatic heterocycles. The summed E-state index contributed by atoms with van der Waals surface area (Å²) in [5, 5.41) is 0.727. The number of benzene rings is 2. The molecule has 2 N–H and O–H groups in total. The highest BCUT2D eigenvalue weighted by atomic mass is 79.9. The molecule has 0 aromatic heterocycles. The zero-order valence-electron chi connectivity index (χ0n) is 9.84. The van der Waals surface area contributed by atoms with Gasteiger partial charge in [0.15, 0.2) is 0 Å². The topological polar surface area (TPSA) is 26.0 Å². The molecular formula is C14H11BrCl2FN. The molecule has 2 aromatic rings. The molecule has 0 aliphatic rings. The number of hydrogen-bond donors (Lipinski definition) is 1. The van der Waals surface area contributed by atoms with E-state index < -0.39 is 5.82 Å². The van der Waals surface area contributed by atoms with Crippen LogP contribution in [0.25, 0.3) is 0 Å². The quantitative estimate of drug-likeness (QED) is 0.803. The lowest BCUT2D eigenvalue weighted by atomic mass is 10.00. The third-order valence-electron chi connectivity index (χ3n) is 2.75. The second kappa shape index (κ2) is 6.23. The van der Waals surface area contributed by atoms with Crippen LogP contribution < -0.4 is 5.73 Å². The molecule has 0 fully saturated rings. The molecule has 2 rings (SSSR count). The van der Waals surface area contributed by atoms with E-state index in [9.17, 15) is 4.39 Å². The number of rotatable bonds is 3. The zero-order chi connectivity index (χ0) is 14.0. The second-order valence-electron chi connectivity index (χ2n) is 4.26. The molecule has 0 amide bonds. The number of nitrogens with two attached hydrogens (primary N) is 1. The van der Waals surface area contributed by atoms with Gasteiger partial charge in [0.25, 0.3) is 0 Å². The monoisotopic (exact) mass is 361 g/mol. The van der Waals surface area contributed by atoms with Crippen LogP contribution in [0.4, 0.5) is 4.39 Å². The molecular weight excluding hydrogens is 352 g/mol. The van der Waals surface area contributed by atoms with Crippen LogP contribution in [0.2, 0.25) is 10.0 Å². The van der Waals surface area contributed by atoms with Crippen LogP contribution in [-0.4, -0.2) is 0 Å². The fourth-order valence-corrected chi connectivity index (χ4v) is 2.83. The van der Waals surface area contributed by atoms with Crippen molar-refractivity contribution < 1.29 is 4.39 Å². The Morgan fingerprint density at radius 1 is 1.16 bits per heavy atom. The third-order valence-corrected chi connectivity index (χ3v) is 3.74. The molecule has 1 unspecified atom stereocenters. The van der Waals surface area contributed by atoms with E-state index in [1.54, 1.807) is 12.1 Å². The van der Waals surface area contributed by atoms with Gasteiger partial charge in [-0.25, -0.2) is 4.39 Å². The summed E-state index contributed by atoms with van der Waals surface area (Å²) in [6, 6.07) is 9.96. The first kappa shape index (κ1) is 14.8. The maximum Gasteiger partial charge on any atom is 0.142 e. The van der Waals surface area contributed by atoms with Gasteiger partial charge in [-0.05, 0) is 47.9 Å². The molecule has 0 saturated carbocycles. The maximum absolute atomic E-state index is 13.4. The molecule has 0 heterocycles. The van der Waals surface area contributed by atoms with Crippen LogP contribution >= 0.6 is 39.1 Å². The zero-order valence-corrected chi connectivity index (χ0v) is 12.9. The molecule has 19 heavy (non-hydrogen) atoms. The minimum absolute atomic E-state index is 0.114. The van der Waals surface area contributed by atoms with Crippen molar-refractivity contribution in [3.05, 3.63) is 67.9 Å². The second-order valence-corrected chi connectivity index (χ2v) is 6.02. The van der Waals surface area contributed by atoms with Gasteiger partial charge in [-0.1, -0.05) is 45.2 Å². The Hall–Kier alpha value is -0.610. The van der Waals surface area contributed by atoms with Gasteiger partial charge >= 0.3 is 0 Å². The molecule has 0 radical (unpaired) electrons. The molecule has 0 bridgehead atoms. The fraction of sp³-hybridized carbons (Fsp3) is 0.143. The van der Waals surface area contributed by atoms with Crippen molar-refractivity contribution in [1.82, 2.24) is 0 Å². The van der Waals surface area contributed by atoms with Gasteiger partial charge in [0.2, 0.25) is 0 Å². The molecule has 0 spiro atoms. The lowest BCUT2D eigenvalue weighted by molar-refractivity contribution is 0.622. The van der Waals surface area contributed by atoms with Gasteiger partial charge in [0.1, 0.15) is 5.82 Å². The third kappa shape index (κ3) is 3.93. The molecule has 5 heteroatoms. The van der Waals surface area contributed by atoms with E-state index in [2.05, 4.69) is 15.9 Å². The van der Waals surface area contributed by atoms with Crippen LogP contribution in [0.5, 0.6) is 0 Å². The predicted molar refractivity (Wildman–Crippen MR) is 81.2 cm³/mol. The van der Waals surface area contributed by atoms with Crippen molar-refractivity contribution in [2.75, 3.05) is 0 Å². The minimum atomic E-state index is -0.432. The van der Waals surface area contributed by atoms with Crippen molar-refractivity contribution in [3.63, 3.8) is 0 Å². The SMILES string of the molecule is NC(Cc1ccc(Cl)c(F)c1)c1cc(Cl)cc(Br)c1. The van der Waals surface area contributed by atoms with E-state index in [1.807, 2.05) is 12.1 Å². The lowest BCUT2D eigenvalue weighted by Crippen LogP contribution is -2.13.